The van der Waals surface area contributed by atoms with Gasteiger partial charge in [0.15, 0.2) is 0 Å². The van der Waals surface area contributed by atoms with E-state index in [1.165, 1.54) is 0 Å². The second kappa shape index (κ2) is 5.38. The van der Waals surface area contributed by atoms with Gasteiger partial charge in [-0.15, -0.1) is 0 Å². The first-order chi connectivity index (χ1) is 9.70. The molecule has 5 heteroatoms. The van der Waals surface area contributed by atoms with Gasteiger partial charge in [-0.2, -0.15) is 0 Å². The predicted molar refractivity (Wildman–Crippen MR) is 79.4 cm³/mol. The third kappa shape index (κ3) is 2.25. The highest BCUT2D eigenvalue weighted by Gasteiger charge is 2.25. The number of aromatic nitrogens is 1. The summed E-state index contributed by atoms with van der Waals surface area (Å²) in [5.74, 6) is 0. The van der Waals surface area contributed by atoms with E-state index in [0.717, 1.165) is 41.4 Å². The highest BCUT2D eigenvalue weighted by Crippen LogP contribution is 2.36. The fourth-order valence-electron chi connectivity index (χ4n) is 2.78. The Balaban J connectivity index is 2.22. The van der Waals surface area contributed by atoms with E-state index < -0.39 is 0 Å². The Labute approximate surface area is 122 Å². The van der Waals surface area contributed by atoms with E-state index in [1.807, 2.05) is 18.2 Å². The first-order valence-electron chi connectivity index (χ1n) is 6.63. The van der Waals surface area contributed by atoms with Gasteiger partial charge in [-0.3, -0.25) is 4.98 Å². The smallest absolute Gasteiger partial charge is 0.124 e. The normalized spacial score (nSPS) is 18.7. The van der Waals surface area contributed by atoms with Gasteiger partial charge in [0.25, 0.3) is 0 Å². The molecule has 0 aliphatic carbocycles. The lowest BCUT2D eigenvalue weighted by Gasteiger charge is -2.23. The van der Waals surface area contributed by atoms with Gasteiger partial charge in [-0.05, 0) is 30.2 Å². The highest BCUT2D eigenvalue weighted by molar-refractivity contribution is 6.36. The minimum Gasteiger partial charge on any atom is -0.391 e. The number of hydrogen-bond acceptors (Lipinski definition) is 4. The Morgan fingerprint density at radius 3 is 3.10 bits per heavy atom. The van der Waals surface area contributed by atoms with Crippen molar-refractivity contribution in [3.8, 4) is 0 Å². The number of aliphatic hydroxyl groups is 1. The minimum absolute atomic E-state index is 0.300. The first kappa shape index (κ1) is 13.3. The summed E-state index contributed by atoms with van der Waals surface area (Å²) < 4.78 is 0. The van der Waals surface area contributed by atoms with Crippen molar-refractivity contribution in [2.24, 2.45) is 0 Å². The average molecular weight is 291 g/mol. The zero-order chi connectivity index (χ0) is 14.1. The van der Waals surface area contributed by atoms with Gasteiger partial charge in [0.1, 0.15) is 6.29 Å². The summed E-state index contributed by atoms with van der Waals surface area (Å²) in [4.78, 5) is 17.4. The number of carbonyl (C=O) groups excluding carboxylic acids is 1. The molecule has 20 heavy (non-hydrogen) atoms. The topological polar surface area (TPSA) is 53.4 Å². The monoisotopic (exact) mass is 290 g/mol. The van der Waals surface area contributed by atoms with Crippen molar-refractivity contribution in [2.75, 3.05) is 18.0 Å². The number of halogens is 1. The molecule has 1 aromatic carbocycles. The molecule has 1 saturated heterocycles. The first-order valence-corrected chi connectivity index (χ1v) is 7.01. The predicted octanol–water partition coefficient (Wildman–Crippen LogP) is 2.20. The third-order valence-electron chi connectivity index (χ3n) is 3.68. The number of fused-ring (bicyclic) bond motifs is 1. The fourth-order valence-corrected chi connectivity index (χ4v) is 3.07. The molecule has 1 aromatic heterocycles. The van der Waals surface area contributed by atoms with Crippen molar-refractivity contribution < 1.29 is 9.90 Å². The van der Waals surface area contributed by atoms with Gasteiger partial charge >= 0.3 is 0 Å². The maximum Gasteiger partial charge on any atom is 0.124 e. The molecule has 1 atom stereocenters. The lowest BCUT2D eigenvalue weighted by atomic mass is 10.0. The molecule has 4 nitrogen and oxygen atoms in total. The standard InChI is InChI=1S/C15H15ClN2O2/c16-13-8-10(4-7-19)15(18-6-3-11(20)9-18)14-12(13)2-1-5-17-14/h1-2,5,7-8,11,20H,3-4,6,9H2/t11-/m1/s1. The molecule has 0 bridgehead atoms. The van der Waals surface area contributed by atoms with E-state index in [1.54, 1.807) is 6.20 Å². The van der Waals surface area contributed by atoms with Crippen molar-refractivity contribution >= 4 is 34.5 Å². The second-order valence-corrected chi connectivity index (χ2v) is 5.43. The molecule has 0 amide bonds. The van der Waals surface area contributed by atoms with E-state index in [-0.39, 0.29) is 6.10 Å². The van der Waals surface area contributed by atoms with Crippen LogP contribution in [0.2, 0.25) is 5.02 Å². The van der Waals surface area contributed by atoms with Crippen molar-refractivity contribution in [2.45, 2.75) is 18.9 Å². The Morgan fingerprint density at radius 2 is 2.40 bits per heavy atom. The summed E-state index contributed by atoms with van der Waals surface area (Å²) in [6.07, 6.45) is 3.30. The van der Waals surface area contributed by atoms with Crippen LogP contribution < -0.4 is 4.90 Å². The van der Waals surface area contributed by atoms with Gasteiger partial charge < -0.3 is 14.8 Å². The number of carbonyl (C=O) groups is 1. The van der Waals surface area contributed by atoms with Gasteiger partial charge in [-0.1, -0.05) is 11.6 Å². The molecule has 2 aromatic rings. The van der Waals surface area contributed by atoms with Crippen LogP contribution in [0, 0.1) is 0 Å². The molecular weight excluding hydrogens is 276 g/mol. The maximum atomic E-state index is 10.9. The van der Waals surface area contributed by atoms with E-state index in [2.05, 4.69) is 9.88 Å². The Bertz CT molecular complexity index is 660. The number of aliphatic hydroxyl groups excluding tert-OH is 1. The number of pyridine rings is 1. The van der Waals surface area contributed by atoms with Crippen LogP contribution in [0.4, 0.5) is 5.69 Å². The molecule has 0 spiro atoms. The van der Waals surface area contributed by atoms with E-state index in [4.69, 9.17) is 11.6 Å². The van der Waals surface area contributed by atoms with Crippen LogP contribution in [-0.4, -0.2) is 35.6 Å². The lowest BCUT2D eigenvalue weighted by Crippen LogP contribution is -2.23. The number of aldehydes is 1. The van der Waals surface area contributed by atoms with Crippen LogP contribution in [-0.2, 0) is 11.2 Å². The zero-order valence-corrected chi connectivity index (χ0v) is 11.7. The molecule has 0 saturated carbocycles. The molecule has 104 valence electrons. The molecular formula is C15H15ClN2O2. The zero-order valence-electron chi connectivity index (χ0n) is 10.9. The number of rotatable bonds is 3. The van der Waals surface area contributed by atoms with Crippen molar-refractivity contribution in [3.63, 3.8) is 0 Å². The number of nitrogens with zero attached hydrogens (tertiary/aromatic N) is 2. The largest absolute Gasteiger partial charge is 0.391 e. The molecule has 0 unspecified atom stereocenters. The van der Waals surface area contributed by atoms with E-state index >= 15 is 0 Å². The summed E-state index contributed by atoms with van der Waals surface area (Å²) in [5.41, 5.74) is 2.59. The van der Waals surface area contributed by atoms with E-state index in [0.29, 0.717) is 18.0 Å². The minimum atomic E-state index is -0.325. The van der Waals surface area contributed by atoms with Crippen molar-refractivity contribution in [1.29, 1.82) is 0 Å². The third-order valence-corrected chi connectivity index (χ3v) is 3.99. The Hall–Kier alpha value is -1.65. The number of benzene rings is 1. The molecule has 1 N–H and O–H groups in total. The fraction of sp³-hybridized carbons (Fsp3) is 0.333. The van der Waals surface area contributed by atoms with Crippen LogP contribution >= 0.6 is 11.6 Å². The van der Waals surface area contributed by atoms with Crippen LogP contribution in [0.15, 0.2) is 24.4 Å². The Morgan fingerprint density at radius 1 is 1.55 bits per heavy atom. The van der Waals surface area contributed by atoms with Gasteiger partial charge in [0.2, 0.25) is 0 Å². The molecule has 3 rings (SSSR count). The quantitative estimate of drug-likeness (QED) is 0.881. The number of hydrogen-bond donors (Lipinski definition) is 1. The van der Waals surface area contributed by atoms with Crippen LogP contribution in [0.25, 0.3) is 10.9 Å². The maximum absolute atomic E-state index is 10.9. The number of anilines is 1. The summed E-state index contributed by atoms with van der Waals surface area (Å²) >= 11 is 6.28. The summed E-state index contributed by atoms with van der Waals surface area (Å²) in [5, 5.41) is 11.2. The summed E-state index contributed by atoms with van der Waals surface area (Å²) in [6, 6.07) is 5.60. The number of β-amino-alcohol motifs (C(OH)–C–C–N with tert-alkyl or cyclic N) is 1. The van der Waals surface area contributed by atoms with Gasteiger partial charge in [-0.25, -0.2) is 0 Å². The molecule has 2 heterocycles. The Kier molecular flexibility index (Phi) is 3.59. The molecule has 1 aliphatic rings. The van der Waals surface area contributed by atoms with Gasteiger partial charge in [0, 0.05) is 31.1 Å². The average Bonchev–Trinajstić information content (AvgIpc) is 2.86. The molecule has 1 aliphatic heterocycles. The second-order valence-electron chi connectivity index (χ2n) is 5.02. The van der Waals surface area contributed by atoms with Crippen LogP contribution in [0.3, 0.4) is 0 Å². The summed E-state index contributed by atoms with van der Waals surface area (Å²) in [6.45, 7) is 1.33. The highest BCUT2D eigenvalue weighted by atomic mass is 35.5. The van der Waals surface area contributed by atoms with Crippen molar-refractivity contribution in [3.05, 3.63) is 35.0 Å². The SMILES string of the molecule is O=CCc1cc(Cl)c2cccnc2c1N1CC[C@@H](O)C1. The van der Waals surface area contributed by atoms with Crippen LogP contribution in [0.1, 0.15) is 12.0 Å². The van der Waals surface area contributed by atoms with Crippen LogP contribution in [0.5, 0.6) is 0 Å². The molecule has 1 fully saturated rings. The lowest BCUT2D eigenvalue weighted by molar-refractivity contribution is -0.107. The summed E-state index contributed by atoms with van der Waals surface area (Å²) in [7, 11) is 0. The van der Waals surface area contributed by atoms with E-state index in [9.17, 15) is 9.90 Å². The molecule has 0 radical (unpaired) electrons. The van der Waals surface area contributed by atoms with Gasteiger partial charge in [0.05, 0.1) is 22.3 Å². The van der Waals surface area contributed by atoms with Crippen molar-refractivity contribution in [1.82, 2.24) is 4.98 Å².